The van der Waals surface area contributed by atoms with E-state index in [0.717, 1.165) is 33.5 Å². The van der Waals surface area contributed by atoms with Gasteiger partial charge in [0.25, 0.3) is 0 Å². The molecule has 0 spiro atoms. The molecule has 0 aliphatic heterocycles. The monoisotopic (exact) mass is 282 g/mol. The van der Waals surface area contributed by atoms with Crippen molar-refractivity contribution < 1.29 is 0 Å². The second-order valence-electron chi connectivity index (χ2n) is 4.78. The lowest BCUT2D eigenvalue weighted by Crippen LogP contribution is -1.94. The molecule has 0 amide bonds. The van der Waals surface area contributed by atoms with E-state index in [4.69, 9.17) is 11.6 Å². The Morgan fingerprint density at radius 2 is 1.80 bits per heavy atom. The first-order valence-corrected chi connectivity index (χ1v) is 7.08. The quantitative estimate of drug-likeness (QED) is 0.682. The Labute approximate surface area is 123 Å². The van der Waals surface area contributed by atoms with Crippen molar-refractivity contribution in [2.45, 2.75) is 12.8 Å². The highest BCUT2D eigenvalue weighted by Gasteiger charge is 2.04. The molecule has 0 unspecified atom stereocenters. The third kappa shape index (κ3) is 2.61. The average molecular weight is 283 g/mol. The number of halogens is 1. The van der Waals surface area contributed by atoms with E-state index in [1.165, 1.54) is 0 Å². The second-order valence-corrected chi connectivity index (χ2v) is 5.05. The van der Waals surface area contributed by atoms with Gasteiger partial charge in [-0.05, 0) is 36.8 Å². The molecule has 0 radical (unpaired) electrons. The van der Waals surface area contributed by atoms with Crippen molar-refractivity contribution in [3.63, 3.8) is 0 Å². The predicted molar refractivity (Wildman–Crippen MR) is 85.8 cm³/mol. The minimum absolute atomic E-state index is 0.539. The molecule has 0 aliphatic rings. The maximum Gasteiger partial charge on any atom is 0.0726 e. The first-order chi connectivity index (χ1) is 9.76. The molecule has 0 saturated heterocycles. The van der Waals surface area contributed by atoms with Crippen LogP contribution in [0, 0.1) is 6.92 Å². The van der Waals surface area contributed by atoms with Gasteiger partial charge in [0.05, 0.1) is 5.52 Å². The summed E-state index contributed by atoms with van der Waals surface area (Å²) in [5.74, 6) is 0.539. The number of nitrogens with zero attached hydrogens (tertiary/aromatic N) is 1. The molecular formula is C17H15ClN2. The number of benzene rings is 2. The zero-order valence-corrected chi connectivity index (χ0v) is 12.0. The van der Waals surface area contributed by atoms with Crippen molar-refractivity contribution in [2.75, 3.05) is 5.32 Å². The van der Waals surface area contributed by atoms with Crippen LogP contribution in [-0.4, -0.2) is 4.98 Å². The second kappa shape index (κ2) is 5.51. The largest absolute Gasteiger partial charge is 0.355 e. The Bertz CT molecular complexity index is 736. The summed E-state index contributed by atoms with van der Waals surface area (Å²) in [6.07, 6.45) is 0. The molecule has 0 saturated carbocycles. The molecule has 0 aliphatic carbocycles. The molecule has 0 bridgehead atoms. The van der Waals surface area contributed by atoms with Gasteiger partial charge in [0.2, 0.25) is 0 Å². The van der Waals surface area contributed by atoms with Crippen LogP contribution in [0.1, 0.15) is 11.3 Å². The van der Waals surface area contributed by atoms with Crippen LogP contribution in [0.15, 0.2) is 54.6 Å². The molecule has 2 nitrogen and oxygen atoms in total. The Kier molecular flexibility index (Phi) is 3.57. The summed E-state index contributed by atoms with van der Waals surface area (Å²) in [4.78, 5) is 4.55. The summed E-state index contributed by atoms with van der Waals surface area (Å²) in [5, 5.41) is 4.58. The number of hydrogen-bond acceptors (Lipinski definition) is 2. The van der Waals surface area contributed by atoms with Gasteiger partial charge in [-0.3, -0.25) is 4.98 Å². The van der Waals surface area contributed by atoms with Crippen LogP contribution >= 0.6 is 11.6 Å². The number of hydrogen-bond donors (Lipinski definition) is 1. The van der Waals surface area contributed by atoms with Crippen molar-refractivity contribution in [3.8, 4) is 0 Å². The zero-order valence-electron chi connectivity index (χ0n) is 11.2. The number of alkyl halides is 1. The Morgan fingerprint density at radius 3 is 2.55 bits per heavy atom. The topological polar surface area (TPSA) is 24.9 Å². The molecule has 3 heteroatoms. The van der Waals surface area contributed by atoms with E-state index < -0.39 is 0 Å². The maximum atomic E-state index is 5.81. The molecule has 1 aromatic heterocycles. The van der Waals surface area contributed by atoms with E-state index >= 15 is 0 Å². The number of para-hydroxylation sites is 1. The Balaban J connectivity index is 2.01. The first kappa shape index (κ1) is 12.9. The summed E-state index contributed by atoms with van der Waals surface area (Å²) in [6.45, 7) is 2.01. The van der Waals surface area contributed by atoms with E-state index in [1.54, 1.807) is 0 Å². The Hall–Kier alpha value is -2.06. The molecule has 3 rings (SSSR count). The molecule has 0 atom stereocenters. The highest BCUT2D eigenvalue weighted by molar-refractivity contribution is 6.17. The third-order valence-corrected chi connectivity index (χ3v) is 3.54. The molecule has 3 aromatic rings. The van der Waals surface area contributed by atoms with E-state index in [9.17, 15) is 0 Å². The maximum absolute atomic E-state index is 5.81. The molecule has 0 fully saturated rings. The molecule has 100 valence electrons. The normalized spacial score (nSPS) is 10.7. The van der Waals surface area contributed by atoms with Crippen LogP contribution in [0.3, 0.4) is 0 Å². The van der Waals surface area contributed by atoms with Crippen LogP contribution in [0.25, 0.3) is 10.9 Å². The van der Waals surface area contributed by atoms with Crippen molar-refractivity contribution >= 4 is 33.9 Å². The summed E-state index contributed by atoms with van der Waals surface area (Å²) >= 11 is 5.81. The van der Waals surface area contributed by atoms with Gasteiger partial charge >= 0.3 is 0 Å². The van der Waals surface area contributed by atoms with Gasteiger partial charge in [-0.25, -0.2) is 0 Å². The summed E-state index contributed by atoms with van der Waals surface area (Å²) in [6, 6.07) is 18.4. The van der Waals surface area contributed by atoms with Crippen LogP contribution < -0.4 is 5.32 Å². The van der Waals surface area contributed by atoms with Crippen molar-refractivity contribution in [1.29, 1.82) is 0 Å². The fourth-order valence-electron chi connectivity index (χ4n) is 2.24. The van der Waals surface area contributed by atoms with Gasteiger partial charge in [0.15, 0.2) is 0 Å². The van der Waals surface area contributed by atoms with Gasteiger partial charge in [0, 0.05) is 28.3 Å². The lowest BCUT2D eigenvalue weighted by atomic mass is 10.1. The Morgan fingerprint density at radius 1 is 1.05 bits per heavy atom. The number of rotatable bonds is 3. The van der Waals surface area contributed by atoms with Crippen LogP contribution in [0.4, 0.5) is 11.4 Å². The minimum atomic E-state index is 0.539. The lowest BCUT2D eigenvalue weighted by molar-refractivity contribution is 1.25. The molecule has 1 N–H and O–H groups in total. The molecular weight excluding hydrogens is 268 g/mol. The van der Waals surface area contributed by atoms with E-state index in [-0.39, 0.29) is 0 Å². The smallest absolute Gasteiger partial charge is 0.0726 e. The highest BCUT2D eigenvalue weighted by Crippen LogP contribution is 2.26. The minimum Gasteiger partial charge on any atom is -0.355 e. The number of pyridine rings is 1. The van der Waals surface area contributed by atoms with E-state index in [2.05, 4.69) is 22.4 Å². The predicted octanol–water partition coefficient (Wildman–Crippen LogP) is 5.03. The number of anilines is 2. The van der Waals surface area contributed by atoms with E-state index in [0.29, 0.717) is 5.88 Å². The summed E-state index contributed by atoms with van der Waals surface area (Å²) in [5.41, 5.74) is 5.25. The number of fused-ring (bicyclic) bond motifs is 1. The van der Waals surface area contributed by atoms with Gasteiger partial charge in [0.1, 0.15) is 0 Å². The van der Waals surface area contributed by atoms with Crippen molar-refractivity contribution in [1.82, 2.24) is 4.98 Å². The van der Waals surface area contributed by atoms with Crippen LogP contribution in [-0.2, 0) is 5.88 Å². The lowest BCUT2D eigenvalue weighted by Gasteiger charge is -2.11. The van der Waals surface area contributed by atoms with E-state index in [1.807, 2.05) is 49.4 Å². The van der Waals surface area contributed by atoms with Crippen molar-refractivity contribution in [2.24, 2.45) is 0 Å². The number of aromatic nitrogens is 1. The van der Waals surface area contributed by atoms with Crippen LogP contribution in [0.5, 0.6) is 0 Å². The average Bonchev–Trinajstić information content (AvgIpc) is 2.48. The van der Waals surface area contributed by atoms with Gasteiger partial charge in [-0.2, -0.15) is 0 Å². The number of nitrogens with one attached hydrogen (secondary N) is 1. The SMILES string of the molecule is Cc1cc(Nc2ccc(CCl)cc2)c2ccccc2n1. The van der Waals surface area contributed by atoms with Gasteiger partial charge in [-0.1, -0.05) is 30.3 Å². The third-order valence-electron chi connectivity index (χ3n) is 3.23. The zero-order chi connectivity index (χ0) is 13.9. The standard InChI is InChI=1S/C17H15ClN2/c1-12-10-17(15-4-2-3-5-16(15)19-12)20-14-8-6-13(11-18)7-9-14/h2-10H,11H2,1H3,(H,19,20). The first-order valence-electron chi connectivity index (χ1n) is 6.54. The van der Waals surface area contributed by atoms with Gasteiger partial charge in [-0.15, -0.1) is 11.6 Å². The van der Waals surface area contributed by atoms with Crippen LogP contribution in [0.2, 0.25) is 0 Å². The fourth-order valence-corrected chi connectivity index (χ4v) is 2.42. The van der Waals surface area contributed by atoms with Gasteiger partial charge < -0.3 is 5.32 Å². The highest BCUT2D eigenvalue weighted by atomic mass is 35.5. The molecule has 2 aromatic carbocycles. The summed E-state index contributed by atoms with van der Waals surface area (Å²) < 4.78 is 0. The summed E-state index contributed by atoms with van der Waals surface area (Å²) in [7, 11) is 0. The fraction of sp³-hybridized carbons (Fsp3) is 0.118. The molecule has 20 heavy (non-hydrogen) atoms. The number of aryl methyl sites for hydroxylation is 1. The molecule has 1 heterocycles. The van der Waals surface area contributed by atoms with Crippen molar-refractivity contribution in [3.05, 3.63) is 65.9 Å².